The molecule has 0 aliphatic carbocycles. The molecule has 4 nitrogen and oxygen atoms in total. The molecule has 0 aromatic heterocycles. The highest BCUT2D eigenvalue weighted by atomic mass is 35.5. The molecule has 0 radical (unpaired) electrons. The number of rotatable bonds is 4. The van der Waals surface area contributed by atoms with Crippen molar-refractivity contribution >= 4 is 21.6 Å². The van der Waals surface area contributed by atoms with Crippen molar-refractivity contribution in [2.45, 2.75) is 31.7 Å². The molecule has 0 unspecified atom stereocenters. The van der Waals surface area contributed by atoms with Crippen molar-refractivity contribution in [3.63, 3.8) is 0 Å². The molecule has 1 aromatic rings. The van der Waals surface area contributed by atoms with E-state index in [-0.39, 0.29) is 16.9 Å². The molecule has 0 saturated heterocycles. The lowest BCUT2D eigenvalue weighted by molar-refractivity contribution is 0.177. The van der Waals surface area contributed by atoms with E-state index in [0.717, 1.165) is 0 Å². The number of sulfonamides is 1. The molecule has 2 N–H and O–H groups in total. The zero-order valence-corrected chi connectivity index (χ0v) is 12.2. The van der Waals surface area contributed by atoms with Gasteiger partial charge in [0.05, 0.1) is 11.5 Å². The minimum Gasteiger partial charge on any atom is -0.395 e. The van der Waals surface area contributed by atoms with E-state index in [1.807, 2.05) is 20.8 Å². The molecule has 1 atom stereocenters. The quantitative estimate of drug-likeness (QED) is 0.892. The van der Waals surface area contributed by atoms with Crippen LogP contribution in [-0.4, -0.2) is 26.2 Å². The van der Waals surface area contributed by atoms with Crippen molar-refractivity contribution in [1.29, 1.82) is 0 Å². The summed E-state index contributed by atoms with van der Waals surface area (Å²) in [5.74, 6) is 0. The highest BCUT2D eigenvalue weighted by Crippen LogP contribution is 2.21. The molecular weight excluding hydrogens is 274 g/mol. The molecule has 0 bridgehead atoms. The first-order chi connectivity index (χ1) is 8.16. The van der Waals surface area contributed by atoms with Crippen molar-refractivity contribution in [2.24, 2.45) is 5.41 Å². The fourth-order valence-corrected chi connectivity index (χ4v) is 2.92. The van der Waals surface area contributed by atoms with Crippen LogP contribution in [0.5, 0.6) is 0 Å². The number of aliphatic hydroxyl groups is 1. The van der Waals surface area contributed by atoms with E-state index in [1.165, 1.54) is 24.3 Å². The van der Waals surface area contributed by atoms with E-state index >= 15 is 0 Å². The molecule has 1 rings (SSSR count). The zero-order valence-electron chi connectivity index (χ0n) is 10.6. The third-order valence-electron chi connectivity index (χ3n) is 2.65. The summed E-state index contributed by atoms with van der Waals surface area (Å²) in [5, 5.41) is 9.74. The number of hydrogen-bond donors (Lipinski definition) is 2. The minimum absolute atomic E-state index is 0.134. The van der Waals surface area contributed by atoms with Gasteiger partial charge in [0.15, 0.2) is 0 Å². The summed E-state index contributed by atoms with van der Waals surface area (Å²) >= 11 is 5.71. The summed E-state index contributed by atoms with van der Waals surface area (Å²) in [6.07, 6.45) is 0. The van der Waals surface area contributed by atoms with E-state index in [1.54, 1.807) is 0 Å². The largest absolute Gasteiger partial charge is 0.395 e. The predicted octanol–water partition coefficient (Wildman–Crippen LogP) is 2.03. The maximum Gasteiger partial charge on any atom is 0.240 e. The third kappa shape index (κ3) is 3.95. The van der Waals surface area contributed by atoms with E-state index in [0.29, 0.717) is 5.02 Å². The standard InChI is InChI=1S/C12H18ClNO3S/c1-12(2,3)11(8-15)14-18(16,17)10-6-4-9(13)5-7-10/h4-7,11,14-15H,8H2,1-3H3/t11-/m1/s1. The maximum absolute atomic E-state index is 12.1. The summed E-state index contributed by atoms with van der Waals surface area (Å²) in [5.41, 5.74) is -0.367. The molecule has 1 aromatic carbocycles. The fourth-order valence-electron chi connectivity index (χ4n) is 1.36. The van der Waals surface area contributed by atoms with Crippen LogP contribution in [0.3, 0.4) is 0 Å². The average Bonchev–Trinajstić information content (AvgIpc) is 2.25. The van der Waals surface area contributed by atoms with Crippen LogP contribution in [0.2, 0.25) is 5.02 Å². The van der Waals surface area contributed by atoms with Gasteiger partial charge in [-0.05, 0) is 29.7 Å². The lowest BCUT2D eigenvalue weighted by atomic mass is 9.88. The Hall–Kier alpha value is -0.620. The number of halogens is 1. The average molecular weight is 292 g/mol. The van der Waals surface area contributed by atoms with Gasteiger partial charge >= 0.3 is 0 Å². The van der Waals surface area contributed by atoms with Crippen LogP contribution in [0.4, 0.5) is 0 Å². The molecule has 0 amide bonds. The summed E-state index contributed by atoms with van der Waals surface area (Å²) in [6.45, 7) is 5.32. The van der Waals surface area contributed by atoms with Gasteiger partial charge in [-0.3, -0.25) is 0 Å². The van der Waals surface area contributed by atoms with Crippen LogP contribution in [0.25, 0.3) is 0 Å². The van der Waals surface area contributed by atoms with Gasteiger partial charge in [0, 0.05) is 11.1 Å². The number of nitrogens with one attached hydrogen (secondary N) is 1. The molecule has 6 heteroatoms. The fraction of sp³-hybridized carbons (Fsp3) is 0.500. The van der Waals surface area contributed by atoms with Gasteiger partial charge in [0.2, 0.25) is 10.0 Å². The Balaban J connectivity index is 2.98. The van der Waals surface area contributed by atoms with Crippen molar-refractivity contribution in [2.75, 3.05) is 6.61 Å². The highest BCUT2D eigenvalue weighted by molar-refractivity contribution is 7.89. The Labute approximate surface area is 113 Å². The molecule has 0 aliphatic heterocycles. The minimum atomic E-state index is -3.64. The first kappa shape index (κ1) is 15.4. The molecule has 18 heavy (non-hydrogen) atoms. The van der Waals surface area contributed by atoms with Gasteiger partial charge in [-0.1, -0.05) is 32.4 Å². The third-order valence-corrected chi connectivity index (χ3v) is 4.39. The number of aliphatic hydroxyl groups excluding tert-OH is 1. The Morgan fingerprint density at radius 1 is 1.28 bits per heavy atom. The molecule has 102 valence electrons. The lowest BCUT2D eigenvalue weighted by Gasteiger charge is -2.29. The maximum atomic E-state index is 12.1. The van der Waals surface area contributed by atoms with E-state index < -0.39 is 16.1 Å². The van der Waals surface area contributed by atoms with Crippen molar-refractivity contribution in [3.8, 4) is 0 Å². The van der Waals surface area contributed by atoms with Crippen LogP contribution >= 0.6 is 11.6 Å². The Kier molecular flexibility index (Phi) is 4.78. The summed E-state index contributed by atoms with van der Waals surface area (Å²) < 4.78 is 26.7. The zero-order chi connectivity index (χ0) is 14.0. The van der Waals surface area contributed by atoms with Crippen LogP contribution in [0.15, 0.2) is 29.2 Å². The summed E-state index contributed by atoms with van der Waals surface area (Å²) in [6, 6.07) is 5.35. The van der Waals surface area contributed by atoms with Crippen LogP contribution < -0.4 is 4.72 Å². The molecule has 0 aliphatic rings. The topological polar surface area (TPSA) is 66.4 Å². The Morgan fingerprint density at radius 2 is 1.78 bits per heavy atom. The first-order valence-electron chi connectivity index (χ1n) is 5.55. The van der Waals surface area contributed by atoms with Gasteiger partial charge in [-0.25, -0.2) is 13.1 Å². The first-order valence-corrected chi connectivity index (χ1v) is 7.41. The van der Waals surface area contributed by atoms with Gasteiger partial charge < -0.3 is 5.11 Å². The smallest absolute Gasteiger partial charge is 0.240 e. The second-order valence-corrected chi connectivity index (χ2v) is 7.33. The summed E-state index contributed by atoms with van der Waals surface area (Å²) in [7, 11) is -3.64. The second-order valence-electron chi connectivity index (χ2n) is 5.18. The normalized spacial score (nSPS) is 14.5. The van der Waals surface area contributed by atoms with Crippen LogP contribution in [0.1, 0.15) is 20.8 Å². The van der Waals surface area contributed by atoms with Gasteiger partial charge in [0.1, 0.15) is 0 Å². The Bertz CT molecular complexity index is 491. The molecule has 0 heterocycles. The van der Waals surface area contributed by atoms with Crippen molar-refractivity contribution in [3.05, 3.63) is 29.3 Å². The van der Waals surface area contributed by atoms with E-state index in [4.69, 9.17) is 11.6 Å². The van der Waals surface area contributed by atoms with Crippen LogP contribution in [-0.2, 0) is 10.0 Å². The van der Waals surface area contributed by atoms with Gasteiger partial charge in [0.25, 0.3) is 0 Å². The second kappa shape index (κ2) is 5.57. The number of hydrogen-bond acceptors (Lipinski definition) is 3. The van der Waals surface area contributed by atoms with Crippen molar-refractivity contribution < 1.29 is 13.5 Å². The predicted molar refractivity (Wildman–Crippen MR) is 72.1 cm³/mol. The van der Waals surface area contributed by atoms with E-state index in [2.05, 4.69) is 4.72 Å². The van der Waals surface area contributed by atoms with Crippen LogP contribution in [0, 0.1) is 5.41 Å². The summed E-state index contributed by atoms with van der Waals surface area (Å²) in [4.78, 5) is 0.134. The van der Waals surface area contributed by atoms with E-state index in [9.17, 15) is 13.5 Å². The molecule has 0 spiro atoms. The van der Waals surface area contributed by atoms with Gasteiger partial charge in [-0.2, -0.15) is 0 Å². The monoisotopic (exact) mass is 291 g/mol. The molecule has 0 saturated carbocycles. The molecule has 0 fully saturated rings. The van der Waals surface area contributed by atoms with Gasteiger partial charge in [-0.15, -0.1) is 0 Å². The SMILES string of the molecule is CC(C)(C)[C@@H](CO)NS(=O)(=O)c1ccc(Cl)cc1. The highest BCUT2D eigenvalue weighted by Gasteiger charge is 2.28. The Morgan fingerprint density at radius 3 is 2.17 bits per heavy atom. The number of benzene rings is 1. The molecular formula is C12H18ClNO3S. The lowest BCUT2D eigenvalue weighted by Crippen LogP contribution is -2.46. The van der Waals surface area contributed by atoms with Crippen molar-refractivity contribution in [1.82, 2.24) is 4.72 Å².